The van der Waals surface area contributed by atoms with E-state index < -0.39 is 6.09 Å². The van der Waals surface area contributed by atoms with Gasteiger partial charge in [0.2, 0.25) is 5.95 Å². The average molecular weight is 393 g/mol. The predicted molar refractivity (Wildman–Crippen MR) is 109 cm³/mol. The van der Waals surface area contributed by atoms with Crippen molar-refractivity contribution in [3.8, 4) is 0 Å². The van der Waals surface area contributed by atoms with Gasteiger partial charge in [0.25, 0.3) is 0 Å². The number of benzene rings is 1. The van der Waals surface area contributed by atoms with E-state index in [9.17, 15) is 9.90 Å². The number of hydrogen-bond donors (Lipinski definition) is 4. The van der Waals surface area contributed by atoms with Crippen LogP contribution in [0, 0.1) is 6.92 Å². The highest BCUT2D eigenvalue weighted by atomic mass is 16.4. The van der Waals surface area contributed by atoms with Crippen molar-refractivity contribution in [2.45, 2.75) is 50.7 Å². The molecule has 0 spiro atoms. The fraction of sp³-hybridized carbons (Fsp3) is 0.400. The first-order valence-corrected chi connectivity index (χ1v) is 9.90. The number of rotatable bonds is 4. The summed E-state index contributed by atoms with van der Waals surface area (Å²) in [6, 6.07) is 10.1. The standard InChI is InChI=1S/C20H23N7O2/c1-11-8-17(26-25-11)23-18-15-4-2-3-5-16(15)22-19(24-18)21-12-9-13-6-7-14(10-12)27(13)20(28)29/h2-5,8,12-14H,6-7,9-10H2,1H3,(H,28,29)(H3,21,22,23,24,25,26). The van der Waals surface area contributed by atoms with Gasteiger partial charge in [0, 0.05) is 35.3 Å². The van der Waals surface area contributed by atoms with Crippen molar-refractivity contribution < 1.29 is 9.90 Å². The predicted octanol–water partition coefficient (Wildman–Crippen LogP) is 3.49. The number of H-pyrrole nitrogens is 1. The van der Waals surface area contributed by atoms with Crippen molar-refractivity contribution in [2.75, 3.05) is 10.6 Å². The maximum Gasteiger partial charge on any atom is 0.407 e. The van der Waals surface area contributed by atoms with E-state index in [1.165, 1.54) is 0 Å². The summed E-state index contributed by atoms with van der Waals surface area (Å²) in [7, 11) is 0. The first-order chi connectivity index (χ1) is 14.1. The minimum atomic E-state index is -0.807. The van der Waals surface area contributed by atoms with Gasteiger partial charge >= 0.3 is 6.09 Å². The minimum absolute atomic E-state index is 0.0776. The molecule has 0 aliphatic carbocycles. The Morgan fingerprint density at radius 1 is 1.21 bits per heavy atom. The molecule has 5 rings (SSSR count). The monoisotopic (exact) mass is 393 g/mol. The van der Waals surface area contributed by atoms with Crippen LogP contribution in [0.25, 0.3) is 10.9 Å². The Kier molecular flexibility index (Phi) is 4.22. The fourth-order valence-electron chi connectivity index (χ4n) is 4.63. The Bertz CT molecular complexity index is 1050. The fourth-order valence-corrected chi connectivity index (χ4v) is 4.63. The molecular formula is C20H23N7O2. The van der Waals surface area contributed by atoms with E-state index in [2.05, 4.69) is 25.8 Å². The van der Waals surface area contributed by atoms with Crippen molar-refractivity contribution in [1.82, 2.24) is 25.1 Å². The first kappa shape index (κ1) is 17.7. The summed E-state index contributed by atoms with van der Waals surface area (Å²) in [6.45, 7) is 1.95. The van der Waals surface area contributed by atoms with E-state index in [0.29, 0.717) is 17.6 Å². The Morgan fingerprint density at radius 3 is 2.66 bits per heavy atom. The molecule has 3 aromatic rings. The third-order valence-corrected chi connectivity index (χ3v) is 5.84. The summed E-state index contributed by atoms with van der Waals surface area (Å²) in [5.41, 5.74) is 1.80. The summed E-state index contributed by atoms with van der Waals surface area (Å²) in [6.07, 6.45) is 2.61. The molecule has 2 aliphatic rings. The first-order valence-electron chi connectivity index (χ1n) is 9.90. The molecule has 2 aliphatic heterocycles. The van der Waals surface area contributed by atoms with Crippen molar-refractivity contribution in [3.05, 3.63) is 36.0 Å². The zero-order valence-electron chi connectivity index (χ0n) is 16.1. The molecule has 1 amide bonds. The van der Waals surface area contributed by atoms with Gasteiger partial charge in [0.15, 0.2) is 5.82 Å². The topological polar surface area (TPSA) is 119 Å². The van der Waals surface area contributed by atoms with E-state index in [-0.39, 0.29) is 18.1 Å². The maximum atomic E-state index is 11.5. The van der Waals surface area contributed by atoms with E-state index in [4.69, 9.17) is 4.98 Å². The van der Waals surface area contributed by atoms with Crippen LogP contribution in [0.15, 0.2) is 30.3 Å². The molecule has 0 saturated carbocycles. The van der Waals surface area contributed by atoms with E-state index in [1.54, 1.807) is 4.90 Å². The lowest BCUT2D eigenvalue weighted by Crippen LogP contribution is -2.49. The van der Waals surface area contributed by atoms with Gasteiger partial charge in [-0.25, -0.2) is 9.78 Å². The molecule has 1 aromatic carbocycles. The van der Waals surface area contributed by atoms with Gasteiger partial charge in [-0.15, -0.1) is 0 Å². The molecular weight excluding hydrogens is 370 g/mol. The molecule has 2 bridgehead atoms. The summed E-state index contributed by atoms with van der Waals surface area (Å²) in [5.74, 6) is 1.94. The minimum Gasteiger partial charge on any atom is -0.465 e. The highest BCUT2D eigenvalue weighted by Crippen LogP contribution is 2.37. The molecule has 9 nitrogen and oxygen atoms in total. The number of amides is 1. The number of aromatic nitrogens is 4. The number of nitrogens with one attached hydrogen (secondary N) is 3. The molecule has 29 heavy (non-hydrogen) atoms. The number of hydrogen-bond acceptors (Lipinski definition) is 6. The number of carbonyl (C=O) groups is 1. The van der Waals surface area contributed by atoms with Gasteiger partial charge in [-0.3, -0.25) is 5.10 Å². The number of fused-ring (bicyclic) bond motifs is 3. The number of para-hydroxylation sites is 1. The van der Waals surface area contributed by atoms with Crippen LogP contribution in [0.3, 0.4) is 0 Å². The quantitative estimate of drug-likeness (QED) is 0.536. The SMILES string of the molecule is Cc1cc(Nc2nc(NC3CC4CCC(C3)N4C(=O)O)nc3ccccc23)n[nH]1. The van der Waals surface area contributed by atoms with Crippen LogP contribution in [0.4, 0.5) is 22.4 Å². The molecule has 4 N–H and O–H groups in total. The third-order valence-electron chi connectivity index (χ3n) is 5.84. The largest absolute Gasteiger partial charge is 0.465 e. The molecule has 2 aromatic heterocycles. The second-order valence-corrected chi connectivity index (χ2v) is 7.86. The lowest BCUT2D eigenvalue weighted by atomic mass is 9.98. The zero-order valence-corrected chi connectivity index (χ0v) is 16.1. The zero-order chi connectivity index (χ0) is 20.0. The number of carboxylic acid groups (broad SMARTS) is 1. The van der Waals surface area contributed by atoms with Crippen LogP contribution in [-0.2, 0) is 0 Å². The van der Waals surface area contributed by atoms with Crippen LogP contribution in [-0.4, -0.2) is 54.4 Å². The normalized spacial score (nSPS) is 23.3. The van der Waals surface area contributed by atoms with E-state index in [0.717, 1.165) is 42.3 Å². The number of piperidine rings is 1. The molecule has 4 heterocycles. The lowest BCUT2D eigenvalue weighted by molar-refractivity contribution is 0.0993. The summed E-state index contributed by atoms with van der Waals surface area (Å²) in [5, 5.41) is 24.3. The Hall–Kier alpha value is -3.36. The lowest BCUT2D eigenvalue weighted by Gasteiger charge is -2.37. The summed E-state index contributed by atoms with van der Waals surface area (Å²) < 4.78 is 0. The van der Waals surface area contributed by atoms with Crippen molar-refractivity contribution in [1.29, 1.82) is 0 Å². The molecule has 2 fully saturated rings. The van der Waals surface area contributed by atoms with Crippen LogP contribution < -0.4 is 10.6 Å². The molecule has 150 valence electrons. The summed E-state index contributed by atoms with van der Waals surface area (Å²) in [4.78, 5) is 22.5. The number of aromatic amines is 1. The van der Waals surface area contributed by atoms with Gasteiger partial charge in [-0.1, -0.05) is 12.1 Å². The average Bonchev–Trinajstić information content (AvgIpc) is 3.22. The van der Waals surface area contributed by atoms with E-state index >= 15 is 0 Å². The van der Waals surface area contributed by atoms with Gasteiger partial charge in [0.05, 0.1) is 5.52 Å². The van der Waals surface area contributed by atoms with Gasteiger partial charge in [0.1, 0.15) is 5.82 Å². The second-order valence-electron chi connectivity index (χ2n) is 7.86. The molecule has 2 saturated heterocycles. The second kappa shape index (κ2) is 6.91. The molecule has 2 atom stereocenters. The molecule has 2 unspecified atom stereocenters. The molecule has 0 radical (unpaired) electrons. The van der Waals surface area contributed by atoms with Crippen LogP contribution in [0.5, 0.6) is 0 Å². The van der Waals surface area contributed by atoms with Crippen LogP contribution in [0.1, 0.15) is 31.4 Å². The van der Waals surface area contributed by atoms with Crippen molar-refractivity contribution in [2.24, 2.45) is 0 Å². The number of anilines is 3. The smallest absolute Gasteiger partial charge is 0.407 e. The highest BCUT2D eigenvalue weighted by molar-refractivity contribution is 5.91. The van der Waals surface area contributed by atoms with Crippen LogP contribution in [0.2, 0.25) is 0 Å². The number of aryl methyl sites for hydroxylation is 1. The Labute approximate surface area is 167 Å². The van der Waals surface area contributed by atoms with Gasteiger partial charge in [-0.2, -0.15) is 10.1 Å². The van der Waals surface area contributed by atoms with Crippen LogP contribution >= 0.6 is 0 Å². The Morgan fingerprint density at radius 2 is 1.97 bits per heavy atom. The highest BCUT2D eigenvalue weighted by Gasteiger charge is 2.43. The number of nitrogens with zero attached hydrogens (tertiary/aromatic N) is 4. The van der Waals surface area contributed by atoms with Crippen molar-refractivity contribution >= 4 is 34.6 Å². The van der Waals surface area contributed by atoms with Crippen molar-refractivity contribution in [3.63, 3.8) is 0 Å². The third kappa shape index (κ3) is 3.32. The maximum absolute atomic E-state index is 11.5. The Balaban J connectivity index is 1.41. The molecule has 9 heteroatoms. The summed E-state index contributed by atoms with van der Waals surface area (Å²) >= 11 is 0. The van der Waals surface area contributed by atoms with Gasteiger partial charge < -0.3 is 20.6 Å². The van der Waals surface area contributed by atoms with E-state index in [1.807, 2.05) is 37.3 Å². The van der Waals surface area contributed by atoms with Gasteiger partial charge in [-0.05, 0) is 44.7 Å².